The Kier molecular flexibility index (Phi) is 2.39. The number of aromatic nitrogens is 1. The van der Waals surface area contributed by atoms with Gasteiger partial charge in [-0.1, -0.05) is 6.07 Å². The van der Waals surface area contributed by atoms with Crippen molar-refractivity contribution >= 4 is 6.34 Å². The number of nitrogens with one attached hydrogen (secondary N) is 1. The van der Waals surface area contributed by atoms with E-state index in [4.69, 9.17) is 11.5 Å². The van der Waals surface area contributed by atoms with Crippen LogP contribution < -0.4 is 16.8 Å². The van der Waals surface area contributed by atoms with Gasteiger partial charge in [0.05, 0.1) is 12.0 Å². The Morgan fingerprint density at radius 3 is 3.00 bits per heavy atom. The molecule has 2 rings (SSSR count). The highest BCUT2D eigenvalue weighted by atomic mass is 15.1. The number of nitrogens with two attached hydrogens (primary N) is 2. The number of nitrogens with zero attached hydrogens (tertiary/aromatic N) is 2. The van der Waals surface area contributed by atoms with Crippen LogP contribution in [0.4, 0.5) is 0 Å². The molecule has 1 aromatic heterocycles. The molecule has 0 bridgehead atoms. The SMILES string of the molecule is NC1=CNC=NC1(N)Cc1cccnc1. The first-order chi connectivity index (χ1) is 7.21. The molecule has 1 aromatic rings. The number of hydrogen-bond donors (Lipinski definition) is 3. The van der Waals surface area contributed by atoms with Crippen molar-refractivity contribution in [2.24, 2.45) is 16.5 Å². The quantitative estimate of drug-likeness (QED) is 0.616. The van der Waals surface area contributed by atoms with E-state index < -0.39 is 5.66 Å². The topological polar surface area (TPSA) is 89.3 Å². The lowest BCUT2D eigenvalue weighted by Crippen LogP contribution is -2.48. The molecule has 1 atom stereocenters. The van der Waals surface area contributed by atoms with Crippen LogP contribution in [-0.4, -0.2) is 17.0 Å². The lowest BCUT2D eigenvalue weighted by atomic mass is 9.99. The summed E-state index contributed by atoms with van der Waals surface area (Å²) in [5.74, 6) is 0. The van der Waals surface area contributed by atoms with E-state index in [9.17, 15) is 0 Å². The lowest BCUT2D eigenvalue weighted by Gasteiger charge is -2.27. The summed E-state index contributed by atoms with van der Waals surface area (Å²) in [5.41, 5.74) is 12.6. The maximum Gasteiger partial charge on any atom is 0.155 e. The summed E-state index contributed by atoms with van der Waals surface area (Å²) in [6.07, 6.45) is 7.23. The summed E-state index contributed by atoms with van der Waals surface area (Å²) < 4.78 is 0. The molecule has 0 fully saturated rings. The second-order valence-electron chi connectivity index (χ2n) is 3.49. The minimum Gasteiger partial charge on any atom is -0.398 e. The van der Waals surface area contributed by atoms with Crippen LogP contribution in [0, 0.1) is 0 Å². The van der Waals surface area contributed by atoms with Crippen molar-refractivity contribution in [2.45, 2.75) is 12.1 Å². The highest BCUT2D eigenvalue weighted by molar-refractivity contribution is 5.60. The van der Waals surface area contributed by atoms with Crippen LogP contribution in [0.2, 0.25) is 0 Å². The van der Waals surface area contributed by atoms with Crippen LogP contribution in [0.25, 0.3) is 0 Å². The largest absolute Gasteiger partial charge is 0.398 e. The Morgan fingerprint density at radius 1 is 1.47 bits per heavy atom. The number of aliphatic imine (C=N–C) groups is 1. The number of pyridine rings is 1. The average molecular weight is 203 g/mol. The average Bonchev–Trinajstić information content (AvgIpc) is 2.24. The molecule has 0 radical (unpaired) electrons. The molecule has 5 nitrogen and oxygen atoms in total. The molecule has 15 heavy (non-hydrogen) atoms. The van der Waals surface area contributed by atoms with Gasteiger partial charge in [-0.2, -0.15) is 0 Å². The van der Waals surface area contributed by atoms with Crippen LogP contribution in [0.15, 0.2) is 41.4 Å². The first kappa shape index (κ1) is 9.67. The van der Waals surface area contributed by atoms with Gasteiger partial charge in [-0.25, -0.2) is 4.99 Å². The summed E-state index contributed by atoms with van der Waals surface area (Å²) >= 11 is 0. The maximum atomic E-state index is 6.08. The van der Waals surface area contributed by atoms with Crippen LogP contribution in [-0.2, 0) is 6.42 Å². The van der Waals surface area contributed by atoms with Gasteiger partial charge in [0.15, 0.2) is 5.66 Å². The van der Waals surface area contributed by atoms with Crippen molar-refractivity contribution in [1.82, 2.24) is 10.3 Å². The van der Waals surface area contributed by atoms with Crippen molar-refractivity contribution in [3.05, 3.63) is 42.0 Å². The molecule has 0 amide bonds. The van der Waals surface area contributed by atoms with Crippen molar-refractivity contribution in [1.29, 1.82) is 0 Å². The van der Waals surface area contributed by atoms with E-state index in [-0.39, 0.29) is 0 Å². The molecule has 1 aliphatic rings. The Morgan fingerprint density at radius 2 is 2.33 bits per heavy atom. The van der Waals surface area contributed by atoms with Crippen LogP contribution >= 0.6 is 0 Å². The van der Waals surface area contributed by atoms with E-state index in [1.165, 1.54) is 0 Å². The van der Waals surface area contributed by atoms with Crippen molar-refractivity contribution in [3.63, 3.8) is 0 Å². The van der Waals surface area contributed by atoms with Crippen molar-refractivity contribution in [2.75, 3.05) is 0 Å². The van der Waals surface area contributed by atoms with Crippen LogP contribution in [0.5, 0.6) is 0 Å². The van der Waals surface area contributed by atoms with Gasteiger partial charge < -0.3 is 16.8 Å². The molecule has 1 aliphatic heterocycles. The zero-order valence-corrected chi connectivity index (χ0v) is 8.22. The third kappa shape index (κ3) is 1.97. The van der Waals surface area contributed by atoms with E-state index in [0.29, 0.717) is 12.1 Å². The smallest absolute Gasteiger partial charge is 0.155 e. The molecule has 5 heteroatoms. The van der Waals surface area contributed by atoms with E-state index in [0.717, 1.165) is 5.56 Å². The van der Waals surface area contributed by atoms with Gasteiger partial charge in [0, 0.05) is 25.0 Å². The van der Waals surface area contributed by atoms with E-state index in [1.807, 2.05) is 12.1 Å². The minimum atomic E-state index is -0.853. The summed E-state index contributed by atoms with van der Waals surface area (Å²) in [7, 11) is 0. The highest BCUT2D eigenvalue weighted by Gasteiger charge is 2.28. The second-order valence-corrected chi connectivity index (χ2v) is 3.49. The number of hydrogen-bond acceptors (Lipinski definition) is 5. The molecule has 0 spiro atoms. The lowest BCUT2D eigenvalue weighted by molar-refractivity contribution is 0.505. The molecule has 5 N–H and O–H groups in total. The Labute approximate surface area is 87.9 Å². The molecular weight excluding hydrogens is 190 g/mol. The predicted molar refractivity (Wildman–Crippen MR) is 58.8 cm³/mol. The molecular formula is C10H13N5. The van der Waals surface area contributed by atoms with Gasteiger partial charge >= 0.3 is 0 Å². The predicted octanol–water partition coefficient (Wildman–Crippen LogP) is -0.289. The maximum absolute atomic E-state index is 6.08. The second kappa shape index (κ2) is 3.70. The monoisotopic (exact) mass is 203 g/mol. The first-order valence-electron chi connectivity index (χ1n) is 4.64. The minimum absolute atomic E-state index is 0.522. The summed E-state index contributed by atoms with van der Waals surface area (Å²) in [5, 5.41) is 2.80. The third-order valence-corrected chi connectivity index (χ3v) is 2.30. The van der Waals surface area contributed by atoms with E-state index in [2.05, 4.69) is 15.3 Å². The van der Waals surface area contributed by atoms with E-state index >= 15 is 0 Å². The summed E-state index contributed by atoms with van der Waals surface area (Å²) in [6.45, 7) is 0. The molecule has 2 heterocycles. The van der Waals surface area contributed by atoms with Gasteiger partial charge in [0.2, 0.25) is 0 Å². The molecule has 0 saturated heterocycles. The summed E-state index contributed by atoms with van der Waals surface area (Å²) in [4.78, 5) is 8.18. The molecule has 0 aromatic carbocycles. The normalized spacial score (nSPS) is 24.5. The molecule has 0 aliphatic carbocycles. The number of rotatable bonds is 2. The van der Waals surface area contributed by atoms with Gasteiger partial charge in [-0.3, -0.25) is 4.98 Å². The zero-order chi connectivity index (χ0) is 10.7. The third-order valence-electron chi connectivity index (χ3n) is 2.30. The van der Waals surface area contributed by atoms with Gasteiger partial charge in [-0.05, 0) is 11.6 Å². The van der Waals surface area contributed by atoms with Crippen molar-refractivity contribution in [3.8, 4) is 0 Å². The fraction of sp³-hybridized carbons (Fsp3) is 0.200. The van der Waals surface area contributed by atoms with Crippen molar-refractivity contribution < 1.29 is 0 Å². The van der Waals surface area contributed by atoms with E-state index in [1.54, 1.807) is 24.9 Å². The van der Waals surface area contributed by atoms with Gasteiger partial charge in [0.25, 0.3) is 0 Å². The fourth-order valence-electron chi connectivity index (χ4n) is 1.44. The highest BCUT2D eigenvalue weighted by Crippen LogP contribution is 2.18. The van der Waals surface area contributed by atoms with Gasteiger partial charge in [-0.15, -0.1) is 0 Å². The zero-order valence-electron chi connectivity index (χ0n) is 8.22. The Hall–Kier alpha value is -1.88. The summed E-state index contributed by atoms with van der Waals surface area (Å²) in [6, 6.07) is 3.82. The Balaban J connectivity index is 2.21. The van der Waals surface area contributed by atoms with Gasteiger partial charge in [0.1, 0.15) is 0 Å². The van der Waals surface area contributed by atoms with Crippen LogP contribution in [0.1, 0.15) is 5.56 Å². The standard InChI is InChI=1S/C10H13N5/c11-9-6-14-7-15-10(9,12)4-8-2-1-3-13-5-8/h1-3,5-7H,4,11-12H2,(H,14,15). The van der Waals surface area contributed by atoms with Crippen LogP contribution in [0.3, 0.4) is 0 Å². The molecule has 78 valence electrons. The fourth-order valence-corrected chi connectivity index (χ4v) is 1.44. The molecule has 1 unspecified atom stereocenters. The Bertz CT molecular complexity index is 398. The first-order valence-corrected chi connectivity index (χ1v) is 4.64. The molecule has 0 saturated carbocycles.